The number of hydrogen-bond acceptors (Lipinski definition) is 4. The van der Waals surface area contributed by atoms with Crippen LogP contribution >= 0.6 is 0 Å². The third kappa shape index (κ3) is 2.43. The summed E-state index contributed by atoms with van der Waals surface area (Å²) in [6, 6.07) is 6.34. The highest BCUT2D eigenvalue weighted by Crippen LogP contribution is 2.25. The van der Waals surface area contributed by atoms with Gasteiger partial charge in [0.05, 0.1) is 12.8 Å². The Morgan fingerprint density at radius 1 is 1.33 bits per heavy atom. The van der Waals surface area contributed by atoms with Gasteiger partial charge in [-0.1, -0.05) is 12.1 Å². The Bertz CT molecular complexity index is 554. The summed E-state index contributed by atoms with van der Waals surface area (Å²) in [6.45, 7) is 4.06. The van der Waals surface area contributed by atoms with Crippen LogP contribution < -0.4 is 10.1 Å². The molecule has 0 bridgehead atoms. The molecule has 0 amide bonds. The molecule has 2 rings (SSSR count). The molecule has 0 saturated carbocycles. The van der Waals surface area contributed by atoms with E-state index in [1.54, 1.807) is 7.11 Å². The van der Waals surface area contributed by atoms with Crippen LogP contribution in [0, 0.1) is 6.92 Å². The first-order valence-electron chi connectivity index (χ1n) is 6.13. The van der Waals surface area contributed by atoms with Gasteiger partial charge in [0.2, 0.25) is 0 Å². The number of aromatic nitrogens is 2. The van der Waals surface area contributed by atoms with Gasteiger partial charge in [-0.05, 0) is 27.0 Å². The number of rotatable bonds is 4. The Kier molecular flexibility index (Phi) is 3.77. The highest BCUT2D eigenvalue weighted by atomic mass is 16.5. The highest BCUT2D eigenvalue weighted by Gasteiger charge is 2.11. The minimum Gasteiger partial charge on any atom is -0.494 e. The summed E-state index contributed by atoms with van der Waals surface area (Å²) in [4.78, 5) is 9.04. The van der Waals surface area contributed by atoms with Crippen molar-refractivity contribution in [3.63, 3.8) is 0 Å². The number of nitrogens with zero attached hydrogens (tertiary/aromatic N) is 2. The Labute approximate surface area is 107 Å². The second-order valence-corrected chi connectivity index (χ2v) is 4.47. The maximum atomic E-state index is 5.36. The van der Waals surface area contributed by atoms with E-state index in [4.69, 9.17) is 4.74 Å². The molecule has 4 nitrogen and oxygen atoms in total. The lowest BCUT2D eigenvalue weighted by atomic mass is 10.1. The van der Waals surface area contributed by atoms with Crippen molar-refractivity contribution in [2.24, 2.45) is 0 Å². The van der Waals surface area contributed by atoms with E-state index in [1.165, 1.54) is 0 Å². The summed E-state index contributed by atoms with van der Waals surface area (Å²) in [5, 5.41) is 4.31. The molecule has 1 aromatic heterocycles. The normalized spacial score (nSPS) is 12.7. The minimum absolute atomic E-state index is 0.383. The molecule has 1 unspecified atom stereocenters. The molecule has 0 fully saturated rings. The summed E-state index contributed by atoms with van der Waals surface area (Å²) in [6.07, 6.45) is 0.878. The van der Waals surface area contributed by atoms with Gasteiger partial charge < -0.3 is 10.1 Å². The molecule has 1 heterocycles. The van der Waals surface area contributed by atoms with E-state index in [0.29, 0.717) is 6.04 Å². The number of fused-ring (bicyclic) bond motifs is 1. The van der Waals surface area contributed by atoms with Gasteiger partial charge in [0.1, 0.15) is 17.1 Å². The summed E-state index contributed by atoms with van der Waals surface area (Å²) >= 11 is 0. The van der Waals surface area contributed by atoms with Crippen LogP contribution in [-0.4, -0.2) is 30.2 Å². The van der Waals surface area contributed by atoms with Crippen molar-refractivity contribution >= 4 is 10.9 Å². The molecular weight excluding hydrogens is 226 g/mol. The van der Waals surface area contributed by atoms with Gasteiger partial charge in [0.15, 0.2) is 0 Å². The molecule has 0 spiro atoms. The molecule has 0 saturated heterocycles. The lowest BCUT2D eigenvalue weighted by Gasteiger charge is -2.13. The van der Waals surface area contributed by atoms with Crippen LogP contribution in [0.4, 0.5) is 0 Å². The van der Waals surface area contributed by atoms with E-state index in [0.717, 1.165) is 34.6 Å². The molecular formula is C14H19N3O. The first-order valence-corrected chi connectivity index (χ1v) is 6.13. The fourth-order valence-corrected chi connectivity index (χ4v) is 2.03. The lowest BCUT2D eigenvalue weighted by Crippen LogP contribution is -2.24. The molecule has 1 aromatic carbocycles. The number of hydrogen-bond donors (Lipinski definition) is 1. The molecule has 1 atom stereocenters. The topological polar surface area (TPSA) is 47.0 Å². The number of aryl methyl sites for hydroxylation is 1. The second kappa shape index (κ2) is 5.31. The van der Waals surface area contributed by atoms with E-state index in [9.17, 15) is 0 Å². The van der Waals surface area contributed by atoms with Gasteiger partial charge in [-0.15, -0.1) is 0 Å². The zero-order valence-electron chi connectivity index (χ0n) is 11.3. The minimum atomic E-state index is 0.383. The standard InChI is InChI=1S/C14H19N3O/c1-9(15-3)8-12-11-6-5-7-13(18-4)14(11)17-10(2)16-12/h5-7,9,15H,8H2,1-4H3. The van der Waals surface area contributed by atoms with E-state index in [1.807, 2.05) is 26.1 Å². The second-order valence-electron chi connectivity index (χ2n) is 4.47. The Morgan fingerprint density at radius 2 is 2.11 bits per heavy atom. The Morgan fingerprint density at radius 3 is 2.78 bits per heavy atom. The highest BCUT2D eigenvalue weighted by molar-refractivity contribution is 5.86. The molecule has 2 aromatic rings. The van der Waals surface area contributed by atoms with Crippen molar-refractivity contribution in [1.82, 2.24) is 15.3 Å². The van der Waals surface area contributed by atoms with Gasteiger partial charge in [-0.25, -0.2) is 9.97 Å². The van der Waals surface area contributed by atoms with Gasteiger partial charge in [0.25, 0.3) is 0 Å². The number of likely N-dealkylation sites (N-methyl/N-ethyl adjacent to an activating group) is 1. The summed E-state index contributed by atoms with van der Waals surface area (Å²) in [5.41, 5.74) is 1.96. The molecule has 96 valence electrons. The average molecular weight is 245 g/mol. The summed E-state index contributed by atoms with van der Waals surface area (Å²) in [7, 11) is 3.63. The quantitative estimate of drug-likeness (QED) is 0.896. The van der Waals surface area contributed by atoms with E-state index in [-0.39, 0.29) is 0 Å². The van der Waals surface area contributed by atoms with Crippen molar-refractivity contribution in [1.29, 1.82) is 0 Å². The zero-order chi connectivity index (χ0) is 13.1. The molecule has 0 aliphatic rings. The van der Waals surface area contributed by atoms with Gasteiger partial charge in [0, 0.05) is 17.8 Å². The van der Waals surface area contributed by atoms with Crippen molar-refractivity contribution in [3.05, 3.63) is 29.7 Å². The van der Waals surface area contributed by atoms with Crippen molar-refractivity contribution in [2.45, 2.75) is 26.3 Å². The zero-order valence-corrected chi connectivity index (χ0v) is 11.3. The lowest BCUT2D eigenvalue weighted by molar-refractivity contribution is 0.418. The van der Waals surface area contributed by atoms with Crippen LogP contribution in [0.3, 0.4) is 0 Å². The number of nitrogens with one attached hydrogen (secondary N) is 1. The molecule has 0 aliphatic carbocycles. The van der Waals surface area contributed by atoms with Crippen LogP contribution in [0.15, 0.2) is 18.2 Å². The molecule has 4 heteroatoms. The van der Waals surface area contributed by atoms with E-state index < -0.39 is 0 Å². The molecule has 1 N–H and O–H groups in total. The largest absolute Gasteiger partial charge is 0.494 e. The smallest absolute Gasteiger partial charge is 0.145 e. The predicted molar refractivity (Wildman–Crippen MR) is 73.1 cm³/mol. The fourth-order valence-electron chi connectivity index (χ4n) is 2.03. The predicted octanol–water partition coefficient (Wildman–Crippen LogP) is 2.10. The molecule has 0 radical (unpaired) electrons. The van der Waals surface area contributed by atoms with Crippen LogP contribution in [0.1, 0.15) is 18.4 Å². The molecule has 18 heavy (non-hydrogen) atoms. The van der Waals surface area contributed by atoms with Crippen LogP contribution in [0.5, 0.6) is 5.75 Å². The Balaban J connectivity index is 2.59. The summed E-state index contributed by atoms with van der Waals surface area (Å²) in [5.74, 6) is 1.58. The van der Waals surface area contributed by atoms with Crippen molar-refractivity contribution in [2.75, 3.05) is 14.2 Å². The van der Waals surface area contributed by atoms with Gasteiger partial charge in [-0.3, -0.25) is 0 Å². The van der Waals surface area contributed by atoms with Gasteiger partial charge in [-0.2, -0.15) is 0 Å². The van der Waals surface area contributed by atoms with E-state index in [2.05, 4.69) is 28.3 Å². The maximum absolute atomic E-state index is 5.36. The van der Waals surface area contributed by atoms with E-state index >= 15 is 0 Å². The first kappa shape index (κ1) is 12.8. The number of methoxy groups -OCH3 is 1. The third-order valence-corrected chi connectivity index (χ3v) is 3.09. The van der Waals surface area contributed by atoms with Crippen molar-refractivity contribution < 1.29 is 4.74 Å². The van der Waals surface area contributed by atoms with Crippen LogP contribution in [0.2, 0.25) is 0 Å². The number of benzene rings is 1. The van der Waals surface area contributed by atoms with Crippen LogP contribution in [-0.2, 0) is 6.42 Å². The van der Waals surface area contributed by atoms with Crippen LogP contribution in [0.25, 0.3) is 10.9 Å². The third-order valence-electron chi connectivity index (χ3n) is 3.09. The van der Waals surface area contributed by atoms with Crippen molar-refractivity contribution in [3.8, 4) is 5.75 Å². The fraction of sp³-hybridized carbons (Fsp3) is 0.429. The number of para-hydroxylation sites is 1. The SMILES string of the molecule is CNC(C)Cc1nc(C)nc2c(OC)cccc12. The monoisotopic (exact) mass is 245 g/mol. The summed E-state index contributed by atoms with van der Waals surface area (Å²) < 4.78 is 5.36. The molecule has 0 aliphatic heterocycles. The Hall–Kier alpha value is -1.68. The first-order chi connectivity index (χ1) is 8.65. The number of ether oxygens (including phenoxy) is 1. The maximum Gasteiger partial charge on any atom is 0.145 e. The van der Waals surface area contributed by atoms with Gasteiger partial charge >= 0.3 is 0 Å². The average Bonchev–Trinajstić information content (AvgIpc) is 2.37.